The van der Waals surface area contributed by atoms with E-state index in [0.717, 1.165) is 11.8 Å². The Morgan fingerprint density at radius 1 is 0.534 bits per heavy atom. The summed E-state index contributed by atoms with van der Waals surface area (Å²) >= 11 is 0. The van der Waals surface area contributed by atoms with Gasteiger partial charge in [0.2, 0.25) is 65.0 Å². The van der Waals surface area contributed by atoms with Crippen molar-refractivity contribution in [3.05, 3.63) is 29.8 Å². The first-order valence-corrected chi connectivity index (χ1v) is 27.4. The average Bonchev–Trinajstić information content (AvgIpc) is 4.10. The molecule has 36 nitrogen and oxygen atoms in total. The molecule has 12 atom stereocenters. The molecule has 0 aliphatic carbocycles. The van der Waals surface area contributed by atoms with Gasteiger partial charge in [0.1, 0.15) is 66.2 Å². The SMILES string of the molecule is CC[C@H](C)[C@H](NC(=O)[C@H](CCC(N)=O)NC(=O)[C@H](CO)NC(=O)[C@H](Cc1ccc(O)cc1)NC(=O)[C@@H](N)CC(=O)O)C(=O)N[C@@H](CC(=O)O)C(=O)N[C@@H](CO)C(=O)N[C@@H](C)C(=O)N1CCC[C@H]1C(=O)N[C@@H](CCC(=O)O)C(=O)N[C@@H](CCC(=O)O)C(=O)O. The van der Waals surface area contributed by atoms with E-state index in [0.29, 0.717) is 5.56 Å². The summed E-state index contributed by atoms with van der Waals surface area (Å²) in [5.74, 6) is -21.3. The molecule has 1 fully saturated rings. The Labute approximate surface area is 501 Å². The Bertz CT molecular complexity index is 2730. The monoisotopic (exact) mass is 1250 g/mol. The number of aliphatic hydroxyl groups excluding tert-OH is 2. The van der Waals surface area contributed by atoms with Crippen LogP contribution >= 0.6 is 0 Å². The molecule has 0 spiro atoms. The number of aromatic hydroxyl groups is 1. The molecule has 1 aliphatic heterocycles. The number of aliphatic carboxylic acids is 5. The fraction of sp³-hybridized carbons (Fsp3) is 0.577. The summed E-state index contributed by atoms with van der Waals surface area (Å²) in [4.78, 5) is 206. The second-order valence-corrected chi connectivity index (χ2v) is 20.5. The molecule has 0 bridgehead atoms. The van der Waals surface area contributed by atoms with Crippen molar-refractivity contribution >= 4 is 94.8 Å². The number of nitrogens with one attached hydrogen (secondary N) is 9. The quantitative estimate of drug-likeness (QED) is 0.0291. The van der Waals surface area contributed by atoms with E-state index in [1.807, 2.05) is 0 Å². The standard InChI is InChI=1S/C52H76N12O24/c1-4-23(2)41(63-44(79)28(11-14-36(54)68)56-48(83)34(22-66)62-45(80)31(18-25-7-9-26(67)10-8-25)59-42(77)27(53)19-39(73)74)50(85)60-32(20-40(75)76)46(81)61-33(21-65)47(82)55-24(3)51(86)64-17-5-6-35(64)49(84)57-29(12-15-37(69)70)43(78)58-30(52(87)88)13-16-38(71)72/h7-10,23-24,27-35,41,65-67H,4-6,11-22,53H2,1-3H3,(H2,54,68)(H,55,82)(H,56,83)(H,57,84)(H,58,78)(H,59,77)(H,60,85)(H,61,81)(H,62,80)(H,63,79)(H,69,70)(H,71,72)(H,73,74)(H,75,76)(H,87,88)/t23-,24-,27-,28-,29-,30-,31-,32-,33-,34-,35-,41-/m0/s1. The van der Waals surface area contributed by atoms with Gasteiger partial charge in [0.15, 0.2) is 0 Å². The van der Waals surface area contributed by atoms with Gasteiger partial charge in [0.05, 0.1) is 32.1 Å². The fourth-order valence-corrected chi connectivity index (χ4v) is 8.53. The lowest BCUT2D eigenvalue weighted by Gasteiger charge is -2.30. The zero-order valence-corrected chi connectivity index (χ0v) is 48.1. The molecular formula is C52H76N12O24. The summed E-state index contributed by atoms with van der Waals surface area (Å²) in [5.41, 5.74) is 11.3. The van der Waals surface area contributed by atoms with E-state index in [9.17, 15) is 107 Å². The van der Waals surface area contributed by atoms with Crippen LogP contribution in [-0.4, -0.2) is 227 Å². The topological polar surface area (TPSA) is 599 Å². The Hall–Kier alpha value is -9.58. The maximum absolute atomic E-state index is 14.0. The first kappa shape index (κ1) is 74.5. The van der Waals surface area contributed by atoms with Crippen molar-refractivity contribution in [2.45, 2.75) is 164 Å². The molecule has 0 saturated carbocycles. The predicted molar refractivity (Wildman–Crippen MR) is 296 cm³/mol. The molecule has 2 rings (SSSR count). The molecule has 11 amide bonds. The molecule has 1 heterocycles. The van der Waals surface area contributed by atoms with E-state index >= 15 is 0 Å². The summed E-state index contributed by atoms with van der Waals surface area (Å²) in [6.07, 6.45) is -5.77. The normalized spacial score (nSPS) is 16.4. The van der Waals surface area contributed by atoms with Crippen LogP contribution in [0.5, 0.6) is 5.75 Å². The van der Waals surface area contributed by atoms with Gasteiger partial charge in [-0.05, 0) is 62.6 Å². The third-order valence-corrected chi connectivity index (χ3v) is 13.6. The first-order valence-electron chi connectivity index (χ1n) is 27.4. The molecule has 0 unspecified atom stereocenters. The van der Waals surface area contributed by atoms with Crippen LogP contribution in [0.1, 0.15) is 97.0 Å². The highest BCUT2D eigenvalue weighted by Gasteiger charge is 2.40. The zero-order chi connectivity index (χ0) is 66.7. The van der Waals surface area contributed by atoms with Gasteiger partial charge in [-0.15, -0.1) is 0 Å². The van der Waals surface area contributed by atoms with Gasteiger partial charge in [0, 0.05) is 32.2 Å². The molecule has 1 aromatic rings. The maximum Gasteiger partial charge on any atom is 0.326 e. The number of benzene rings is 1. The minimum Gasteiger partial charge on any atom is -0.508 e. The van der Waals surface area contributed by atoms with E-state index in [1.54, 1.807) is 6.92 Å². The Morgan fingerprint density at radius 3 is 1.49 bits per heavy atom. The van der Waals surface area contributed by atoms with Crippen molar-refractivity contribution < 1.29 is 118 Å². The van der Waals surface area contributed by atoms with E-state index in [-0.39, 0.29) is 38.0 Å². The number of primary amides is 1. The number of nitrogens with zero attached hydrogens (tertiary/aromatic N) is 1. The second kappa shape index (κ2) is 36.4. The van der Waals surface area contributed by atoms with Crippen LogP contribution in [0.3, 0.4) is 0 Å². The molecule has 1 saturated heterocycles. The molecule has 1 aromatic carbocycles. The van der Waals surface area contributed by atoms with Crippen LogP contribution in [0.4, 0.5) is 0 Å². The van der Waals surface area contributed by atoms with Gasteiger partial charge in [-0.2, -0.15) is 0 Å². The van der Waals surface area contributed by atoms with Gasteiger partial charge < -0.3 is 105 Å². The molecule has 88 heavy (non-hydrogen) atoms. The van der Waals surface area contributed by atoms with E-state index < -0.39 is 232 Å². The number of phenols is 1. The highest BCUT2D eigenvalue weighted by molar-refractivity contribution is 6.00. The molecule has 21 N–H and O–H groups in total. The van der Waals surface area contributed by atoms with Crippen molar-refractivity contribution in [3.8, 4) is 5.75 Å². The predicted octanol–water partition coefficient (Wildman–Crippen LogP) is -7.30. The highest BCUT2D eigenvalue weighted by atomic mass is 16.4. The summed E-state index contributed by atoms with van der Waals surface area (Å²) in [7, 11) is 0. The number of hydrogen-bond acceptors (Lipinski definition) is 20. The largest absolute Gasteiger partial charge is 0.508 e. The van der Waals surface area contributed by atoms with Gasteiger partial charge >= 0.3 is 29.8 Å². The molecule has 0 aromatic heterocycles. The van der Waals surface area contributed by atoms with Gasteiger partial charge in [0.25, 0.3) is 0 Å². The van der Waals surface area contributed by atoms with Crippen molar-refractivity contribution in [3.63, 3.8) is 0 Å². The van der Waals surface area contributed by atoms with E-state index in [2.05, 4.69) is 47.9 Å². The lowest BCUT2D eigenvalue weighted by Crippen LogP contribution is -2.62. The van der Waals surface area contributed by atoms with Crippen molar-refractivity contribution in [2.24, 2.45) is 17.4 Å². The van der Waals surface area contributed by atoms with Crippen molar-refractivity contribution in [1.82, 2.24) is 52.8 Å². The lowest BCUT2D eigenvalue weighted by atomic mass is 9.96. The second-order valence-electron chi connectivity index (χ2n) is 20.5. The highest BCUT2D eigenvalue weighted by Crippen LogP contribution is 2.20. The molecule has 488 valence electrons. The number of carboxylic acid groups (broad SMARTS) is 5. The molecule has 36 heteroatoms. The van der Waals surface area contributed by atoms with Crippen LogP contribution < -0.4 is 59.3 Å². The average molecular weight is 1250 g/mol. The third kappa shape index (κ3) is 25.2. The number of aliphatic hydroxyl groups is 2. The number of carbonyl (C=O) groups is 16. The number of carboxylic acids is 5. The Balaban J connectivity index is 2.30. The van der Waals surface area contributed by atoms with E-state index in [4.69, 9.17) is 21.7 Å². The summed E-state index contributed by atoms with van der Waals surface area (Å²) in [6.45, 7) is 1.67. The molecule has 1 aliphatic rings. The van der Waals surface area contributed by atoms with Crippen LogP contribution in [0.15, 0.2) is 24.3 Å². The number of likely N-dealkylation sites (tertiary alicyclic amines) is 1. The summed E-state index contributed by atoms with van der Waals surface area (Å²) < 4.78 is 0. The van der Waals surface area contributed by atoms with Gasteiger partial charge in [-0.1, -0.05) is 32.4 Å². The number of nitrogens with two attached hydrogens (primary N) is 2. The van der Waals surface area contributed by atoms with Gasteiger partial charge in [-0.3, -0.25) is 71.9 Å². The van der Waals surface area contributed by atoms with Gasteiger partial charge in [-0.25, -0.2) is 4.79 Å². The Morgan fingerprint density at radius 2 is 0.977 bits per heavy atom. The fourth-order valence-electron chi connectivity index (χ4n) is 8.53. The van der Waals surface area contributed by atoms with Crippen LogP contribution in [0.25, 0.3) is 0 Å². The minimum absolute atomic E-state index is 0.0260. The number of amides is 11. The maximum atomic E-state index is 14.0. The number of hydrogen-bond donors (Lipinski definition) is 19. The number of phenolic OH excluding ortho intramolecular Hbond substituents is 1. The summed E-state index contributed by atoms with van der Waals surface area (Å²) in [6, 6.07) is -13.8. The van der Waals surface area contributed by atoms with E-state index in [1.165, 1.54) is 31.2 Å². The third-order valence-electron chi connectivity index (χ3n) is 13.6. The van der Waals surface area contributed by atoms with Crippen LogP contribution in [0, 0.1) is 5.92 Å². The lowest BCUT2D eigenvalue weighted by molar-refractivity contribution is -0.145. The van der Waals surface area contributed by atoms with Crippen LogP contribution in [0.2, 0.25) is 0 Å². The molecular weight excluding hydrogens is 1180 g/mol. The number of rotatable bonds is 39. The first-order chi connectivity index (χ1) is 41.2. The summed E-state index contributed by atoms with van der Waals surface area (Å²) in [5, 5.41) is 96.7. The van der Waals surface area contributed by atoms with Crippen LogP contribution in [-0.2, 0) is 83.1 Å². The number of carbonyl (C=O) groups excluding carboxylic acids is 11. The van der Waals surface area contributed by atoms with Crippen molar-refractivity contribution in [1.29, 1.82) is 0 Å². The zero-order valence-electron chi connectivity index (χ0n) is 48.1. The Kier molecular flexibility index (Phi) is 30.8. The van der Waals surface area contributed by atoms with Crippen molar-refractivity contribution in [2.75, 3.05) is 19.8 Å². The smallest absolute Gasteiger partial charge is 0.326 e. The minimum atomic E-state index is -2.07. The molecule has 0 radical (unpaired) electrons.